The minimum atomic E-state index is 0.114. The number of amides is 1. The van der Waals surface area contributed by atoms with E-state index in [9.17, 15) is 4.79 Å². The van der Waals surface area contributed by atoms with Gasteiger partial charge in [-0.25, -0.2) is 0 Å². The van der Waals surface area contributed by atoms with Crippen LogP contribution in [0, 0.1) is 0 Å². The molecule has 0 saturated carbocycles. The average molecular weight is 304 g/mol. The number of thioether (sulfide) groups is 1. The molecule has 3 rings (SSSR count). The highest BCUT2D eigenvalue weighted by Gasteiger charge is 2.27. The fourth-order valence-corrected chi connectivity index (χ4v) is 3.98. The second-order valence-electron chi connectivity index (χ2n) is 5.29. The van der Waals surface area contributed by atoms with Crippen molar-refractivity contribution in [2.45, 2.75) is 12.5 Å². The molecule has 1 aliphatic rings. The third-order valence-corrected chi connectivity index (χ3v) is 5.09. The summed E-state index contributed by atoms with van der Waals surface area (Å²) in [6, 6.07) is 8.18. The summed E-state index contributed by atoms with van der Waals surface area (Å²) < 4.78 is 5.17. The molecule has 1 amide bonds. The van der Waals surface area contributed by atoms with Gasteiger partial charge in [0.25, 0.3) is 5.91 Å². The second kappa shape index (κ2) is 6.54. The Kier molecular flexibility index (Phi) is 4.51. The van der Waals surface area contributed by atoms with E-state index in [-0.39, 0.29) is 5.91 Å². The zero-order chi connectivity index (χ0) is 14.7. The standard InChI is InChI=1S/C16H20N2O2S/c1-20-8-7-18(14-5-9-21-11-14)16(19)13-2-3-15-12(10-13)4-6-17-15/h2-4,6,10,14,17H,5,7-9,11H2,1H3. The van der Waals surface area contributed by atoms with Crippen LogP contribution in [0.2, 0.25) is 0 Å². The Morgan fingerprint density at radius 2 is 2.38 bits per heavy atom. The molecule has 1 fully saturated rings. The smallest absolute Gasteiger partial charge is 0.254 e. The number of aromatic nitrogens is 1. The van der Waals surface area contributed by atoms with Gasteiger partial charge in [-0.1, -0.05) is 0 Å². The van der Waals surface area contributed by atoms with E-state index in [1.165, 1.54) is 0 Å². The van der Waals surface area contributed by atoms with E-state index in [2.05, 4.69) is 4.98 Å². The molecule has 0 bridgehead atoms. The molecule has 1 aliphatic heterocycles. The van der Waals surface area contributed by atoms with Crippen LogP contribution in [-0.2, 0) is 4.74 Å². The number of benzene rings is 1. The maximum Gasteiger partial charge on any atom is 0.254 e. The summed E-state index contributed by atoms with van der Waals surface area (Å²) in [6.45, 7) is 1.24. The van der Waals surface area contributed by atoms with E-state index in [1.807, 2.05) is 47.1 Å². The molecule has 1 N–H and O–H groups in total. The predicted octanol–water partition coefficient (Wildman–Crippen LogP) is 2.76. The number of hydrogen-bond acceptors (Lipinski definition) is 3. The molecule has 1 unspecified atom stereocenters. The van der Waals surface area contributed by atoms with Crippen molar-refractivity contribution in [1.82, 2.24) is 9.88 Å². The number of hydrogen-bond donors (Lipinski definition) is 1. The van der Waals surface area contributed by atoms with Gasteiger partial charge in [0, 0.05) is 48.1 Å². The normalized spacial score (nSPS) is 18.2. The maximum atomic E-state index is 12.9. The van der Waals surface area contributed by atoms with E-state index in [0.29, 0.717) is 19.2 Å². The first-order valence-electron chi connectivity index (χ1n) is 7.24. The van der Waals surface area contributed by atoms with Gasteiger partial charge >= 0.3 is 0 Å². The highest BCUT2D eigenvalue weighted by Crippen LogP contribution is 2.24. The molecular formula is C16H20N2O2S. The third kappa shape index (κ3) is 3.09. The van der Waals surface area contributed by atoms with Gasteiger partial charge in [-0.2, -0.15) is 11.8 Å². The van der Waals surface area contributed by atoms with Gasteiger partial charge in [-0.3, -0.25) is 4.79 Å². The summed E-state index contributed by atoms with van der Waals surface area (Å²) >= 11 is 1.92. The fraction of sp³-hybridized carbons (Fsp3) is 0.438. The topological polar surface area (TPSA) is 45.3 Å². The van der Waals surface area contributed by atoms with Gasteiger partial charge in [0.15, 0.2) is 0 Å². The Balaban J connectivity index is 1.84. The maximum absolute atomic E-state index is 12.9. The van der Waals surface area contributed by atoms with Crippen molar-refractivity contribution in [3.63, 3.8) is 0 Å². The number of carbonyl (C=O) groups is 1. The van der Waals surface area contributed by atoms with E-state index in [0.717, 1.165) is 34.4 Å². The van der Waals surface area contributed by atoms with Gasteiger partial charge in [0.1, 0.15) is 0 Å². The zero-order valence-corrected chi connectivity index (χ0v) is 13.0. The van der Waals surface area contributed by atoms with Crippen LogP contribution in [0.5, 0.6) is 0 Å². The molecule has 2 heterocycles. The minimum Gasteiger partial charge on any atom is -0.383 e. The molecule has 1 saturated heterocycles. The van der Waals surface area contributed by atoms with Gasteiger partial charge < -0.3 is 14.6 Å². The summed E-state index contributed by atoms with van der Waals surface area (Å²) in [4.78, 5) is 18.0. The first-order valence-corrected chi connectivity index (χ1v) is 8.40. The third-order valence-electron chi connectivity index (χ3n) is 3.94. The summed E-state index contributed by atoms with van der Waals surface area (Å²) in [5.41, 5.74) is 1.82. The van der Waals surface area contributed by atoms with Crippen LogP contribution < -0.4 is 0 Å². The van der Waals surface area contributed by atoms with Crippen molar-refractivity contribution in [2.75, 3.05) is 31.8 Å². The molecule has 0 aliphatic carbocycles. The Hall–Kier alpha value is -1.46. The van der Waals surface area contributed by atoms with Crippen molar-refractivity contribution in [3.05, 3.63) is 36.0 Å². The lowest BCUT2D eigenvalue weighted by atomic mass is 10.1. The quantitative estimate of drug-likeness (QED) is 0.924. The SMILES string of the molecule is COCCN(C(=O)c1ccc2[nH]ccc2c1)C1CCSC1. The molecular weight excluding hydrogens is 284 g/mol. The molecule has 0 radical (unpaired) electrons. The van der Waals surface area contributed by atoms with Crippen LogP contribution in [0.25, 0.3) is 10.9 Å². The van der Waals surface area contributed by atoms with Crippen molar-refractivity contribution in [2.24, 2.45) is 0 Å². The Morgan fingerprint density at radius 1 is 1.48 bits per heavy atom. The molecule has 1 aromatic heterocycles. The first kappa shape index (κ1) is 14.5. The number of nitrogens with zero attached hydrogens (tertiary/aromatic N) is 1. The van der Waals surface area contributed by atoms with Crippen LogP contribution in [0.3, 0.4) is 0 Å². The summed E-state index contributed by atoms with van der Waals surface area (Å²) in [5.74, 6) is 2.28. The summed E-state index contributed by atoms with van der Waals surface area (Å²) in [5, 5.41) is 1.08. The van der Waals surface area contributed by atoms with E-state index in [1.54, 1.807) is 7.11 Å². The van der Waals surface area contributed by atoms with Crippen molar-refractivity contribution in [3.8, 4) is 0 Å². The second-order valence-corrected chi connectivity index (χ2v) is 6.44. The number of ether oxygens (including phenoxy) is 1. The molecule has 112 valence electrons. The molecule has 5 heteroatoms. The number of H-pyrrole nitrogens is 1. The number of nitrogens with one attached hydrogen (secondary N) is 1. The Morgan fingerprint density at radius 3 is 3.14 bits per heavy atom. The fourth-order valence-electron chi connectivity index (χ4n) is 2.76. The lowest BCUT2D eigenvalue weighted by Crippen LogP contribution is -2.42. The van der Waals surface area contributed by atoms with Gasteiger partial charge in [0.2, 0.25) is 0 Å². The highest BCUT2D eigenvalue weighted by molar-refractivity contribution is 7.99. The monoisotopic (exact) mass is 304 g/mol. The molecule has 1 aromatic carbocycles. The number of aromatic amines is 1. The van der Waals surface area contributed by atoms with Crippen molar-refractivity contribution >= 4 is 28.6 Å². The van der Waals surface area contributed by atoms with Gasteiger partial charge in [0.05, 0.1) is 6.61 Å². The number of carbonyl (C=O) groups excluding carboxylic acids is 1. The number of rotatable bonds is 5. The van der Waals surface area contributed by atoms with Crippen LogP contribution >= 0.6 is 11.8 Å². The molecule has 21 heavy (non-hydrogen) atoms. The average Bonchev–Trinajstić information content (AvgIpc) is 3.18. The van der Waals surface area contributed by atoms with Crippen molar-refractivity contribution in [1.29, 1.82) is 0 Å². The van der Waals surface area contributed by atoms with Gasteiger partial charge in [-0.15, -0.1) is 0 Å². The predicted molar refractivity (Wildman–Crippen MR) is 86.9 cm³/mol. The summed E-state index contributed by atoms with van der Waals surface area (Å²) in [6.07, 6.45) is 2.97. The molecule has 2 aromatic rings. The first-order chi connectivity index (χ1) is 10.3. The molecule has 4 nitrogen and oxygen atoms in total. The lowest BCUT2D eigenvalue weighted by molar-refractivity contribution is 0.0625. The largest absolute Gasteiger partial charge is 0.383 e. The van der Waals surface area contributed by atoms with Crippen LogP contribution in [0.1, 0.15) is 16.8 Å². The van der Waals surface area contributed by atoms with E-state index >= 15 is 0 Å². The minimum absolute atomic E-state index is 0.114. The lowest BCUT2D eigenvalue weighted by Gasteiger charge is -2.28. The van der Waals surface area contributed by atoms with Crippen LogP contribution in [-0.4, -0.2) is 53.6 Å². The van der Waals surface area contributed by atoms with Crippen LogP contribution in [0.15, 0.2) is 30.5 Å². The number of fused-ring (bicyclic) bond motifs is 1. The highest BCUT2D eigenvalue weighted by atomic mass is 32.2. The van der Waals surface area contributed by atoms with E-state index < -0.39 is 0 Å². The van der Waals surface area contributed by atoms with Crippen LogP contribution in [0.4, 0.5) is 0 Å². The zero-order valence-electron chi connectivity index (χ0n) is 12.2. The Labute approximate surface area is 128 Å². The molecule has 1 atom stereocenters. The van der Waals surface area contributed by atoms with Gasteiger partial charge in [-0.05, 0) is 36.4 Å². The Bertz CT molecular complexity index is 620. The van der Waals surface area contributed by atoms with Crippen molar-refractivity contribution < 1.29 is 9.53 Å². The van der Waals surface area contributed by atoms with E-state index in [4.69, 9.17) is 4.74 Å². The summed E-state index contributed by atoms with van der Waals surface area (Å²) in [7, 11) is 1.68. The number of methoxy groups -OCH3 is 1. The molecule has 0 spiro atoms.